The molecule has 0 aliphatic carbocycles. The third-order valence-electron chi connectivity index (χ3n) is 3.07. The second kappa shape index (κ2) is 8.67. The molecule has 0 amide bonds. The maximum Gasteiger partial charge on any atom is 0.336 e. The number of rotatable bonds is 6. The van der Waals surface area contributed by atoms with Crippen LogP contribution in [0.15, 0.2) is 48.5 Å². The monoisotopic (exact) mass is 325 g/mol. The summed E-state index contributed by atoms with van der Waals surface area (Å²) in [6, 6.07) is 14.8. The van der Waals surface area contributed by atoms with Gasteiger partial charge in [0.15, 0.2) is 0 Å². The summed E-state index contributed by atoms with van der Waals surface area (Å²) in [4.78, 5) is 11.1. The van der Waals surface area contributed by atoms with Gasteiger partial charge in [0, 0.05) is 11.6 Å². The van der Waals surface area contributed by atoms with Crippen molar-refractivity contribution in [2.75, 3.05) is 6.54 Å². The van der Waals surface area contributed by atoms with Gasteiger partial charge in [0.05, 0.1) is 5.56 Å². The molecule has 2 rings (SSSR count). The molecule has 5 heteroatoms. The highest BCUT2D eigenvalue weighted by Crippen LogP contribution is 2.10. The van der Waals surface area contributed by atoms with Gasteiger partial charge in [-0.2, -0.15) is 0 Å². The largest absolute Gasteiger partial charge is 0.478 e. The molecule has 0 heterocycles. The minimum atomic E-state index is -0.889. The van der Waals surface area contributed by atoms with Crippen molar-refractivity contribution < 1.29 is 9.90 Å². The van der Waals surface area contributed by atoms with Crippen LogP contribution in [0.3, 0.4) is 0 Å². The molecule has 0 unspecified atom stereocenters. The number of aromatic carboxylic acids is 1. The molecule has 0 fully saturated rings. The van der Waals surface area contributed by atoms with Crippen LogP contribution in [0.5, 0.6) is 0 Å². The molecule has 0 saturated heterocycles. The van der Waals surface area contributed by atoms with Crippen LogP contribution in [-0.2, 0) is 13.0 Å². The summed E-state index contributed by atoms with van der Waals surface area (Å²) in [7, 11) is 0. The molecule has 0 atom stereocenters. The summed E-state index contributed by atoms with van der Waals surface area (Å²) in [5.41, 5.74) is 2.36. The third kappa shape index (κ3) is 5.38. The lowest BCUT2D eigenvalue weighted by atomic mass is 10.1. The number of carboxylic acid groups (broad SMARTS) is 1. The molecule has 0 aromatic heterocycles. The zero-order chi connectivity index (χ0) is 14.4. The molecule has 21 heavy (non-hydrogen) atoms. The van der Waals surface area contributed by atoms with Gasteiger partial charge in [-0.05, 0) is 42.3 Å². The van der Waals surface area contributed by atoms with Gasteiger partial charge in [0.1, 0.15) is 0 Å². The van der Waals surface area contributed by atoms with Crippen molar-refractivity contribution in [1.29, 1.82) is 0 Å². The first kappa shape index (κ1) is 17.5. The van der Waals surface area contributed by atoms with Gasteiger partial charge in [-0.25, -0.2) is 4.79 Å². The van der Waals surface area contributed by atoms with Gasteiger partial charge in [-0.1, -0.05) is 41.9 Å². The van der Waals surface area contributed by atoms with Crippen molar-refractivity contribution in [2.45, 2.75) is 13.0 Å². The lowest BCUT2D eigenvalue weighted by molar-refractivity contribution is 0.0695. The highest BCUT2D eigenvalue weighted by atomic mass is 35.5. The van der Waals surface area contributed by atoms with E-state index in [-0.39, 0.29) is 12.4 Å². The van der Waals surface area contributed by atoms with E-state index in [9.17, 15) is 4.79 Å². The maximum absolute atomic E-state index is 11.1. The molecular formula is C16H17Cl2NO2. The Morgan fingerprint density at radius 1 is 1.10 bits per heavy atom. The Morgan fingerprint density at radius 2 is 1.76 bits per heavy atom. The molecule has 3 nitrogen and oxygen atoms in total. The van der Waals surface area contributed by atoms with Crippen LogP contribution in [-0.4, -0.2) is 17.6 Å². The average molecular weight is 326 g/mol. The lowest BCUT2D eigenvalue weighted by Gasteiger charge is -2.08. The highest BCUT2D eigenvalue weighted by molar-refractivity contribution is 6.30. The first-order valence-electron chi connectivity index (χ1n) is 6.43. The van der Waals surface area contributed by atoms with E-state index >= 15 is 0 Å². The third-order valence-corrected chi connectivity index (χ3v) is 3.32. The number of carbonyl (C=O) groups is 1. The second-order valence-electron chi connectivity index (χ2n) is 4.52. The van der Waals surface area contributed by atoms with Gasteiger partial charge in [-0.15, -0.1) is 12.4 Å². The minimum absolute atomic E-state index is 0. The van der Waals surface area contributed by atoms with Crippen molar-refractivity contribution in [2.24, 2.45) is 0 Å². The lowest BCUT2D eigenvalue weighted by Crippen LogP contribution is -2.18. The topological polar surface area (TPSA) is 49.3 Å². The smallest absolute Gasteiger partial charge is 0.336 e. The zero-order valence-electron chi connectivity index (χ0n) is 11.4. The molecule has 0 spiro atoms. The summed E-state index contributed by atoms with van der Waals surface area (Å²) in [5.74, 6) is -0.889. The molecule has 0 saturated carbocycles. The van der Waals surface area contributed by atoms with Crippen LogP contribution >= 0.6 is 24.0 Å². The first-order valence-corrected chi connectivity index (χ1v) is 6.81. The highest BCUT2D eigenvalue weighted by Gasteiger charge is 2.07. The second-order valence-corrected chi connectivity index (χ2v) is 4.95. The fourth-order valence-corrected chi connectivity index (χ4v) is 2.12. The molecule has 0 radical (unpaired) electrons. The van der Waals surface area contributed by atoms with Crippen molar-refractivity contribution in [3.05, 3.63) is 70.2 Å². The van der Waals surface area contributed by atoms with Crippen molar-refractivity contribution >= 4 is 30.0 Å². The number of halogens is 2. The van der Waals surface area contributed by atoms with Crippen LogP contribution in [0, 0.1) is 0 Å². The number of benzene rings is 2. The maximum atomic E-state index is 11.1. The van der Waals surface area contributed by atoms with Crippen molar-refractivity contribution in [3.63, 3.8) is 0 Å². The summed E-state index contributed by atoms with van der Waals surface area (Å²) >= 11 is 5.83. The molecule has 0 bridgehead atoms. The molecule has 2 N–H and O–H groups in total. The van der Waals surface area contributed by atoms with Crippen molar-refractivity contribution in [3.8, 4) is 0 Å². The molecular weight excluding hydrogens is 309 g/mol. The molecule has 0 aliphatic rings. The molecule has 2 aromatic rings. The van der Waals surface area contributed by atoms with Gasteiger partial charge >= 0.3 is 5.97 Å². The van der Waals surface area contributed by atoms with E-state index in [1.165, 1.54) is 5.56 Å². The van der Waals surface area contributed by atoms with E-state index in [2.05, 4.69) is 5.32 Å². The Kier molecular flexibility index (Phi) is 7.23. The summed E-state index contributed by atoms with van der Waals surface area (Å²) in [6.45, 7) is 1.34. The Hall–Kier alpha value is -1.55. The minimum Gasteiger partial charge on any atom is -0.478 e. The number of nitrogens with one attached hydrogen (secondary N) is 1. The van der Waals surface area contributed by atoms with E-state index in [4.69, 9.17) is 16.7 Å². The van der Waals surface area contributed by atoms with E-state index in [1.54, 1.807) is 12.1 Å². The van der Waals surface area contributed by atoms with E-state index in [0.29, 0.717) is 12.1 Å². The normalized spacial score (nSPS) is 9.95. The summed E-state index contributed by atoms with van der Waals surface area (Å²) in [6.07, 6.45) is 0.881. The van der Waals surface area contributed by atoms with Crippen LogP contribution in [0.25, 0.3) is 0 Å². The van der Waals surface area contributed by atoms with E-state index < -0.39 is 5.97 Å². The Morgan fingerprint density at radius 3 is 2.43 bits per heavy atom. The molecule has 0 aliphatic heterocycles. The number of hydrogen-bond acceptors (Lipinski definition) is 2. The predicted octanol–water partition coefficient (Wildman–Crippen LogP) is 3.79. The van der Waals surface area contributed by atoms with E-state index in [1.807, 2.05) is 36.4 Å². The van der Waals surface area contributed by atoms with Gasteiger partial charge in [0.2, 0.25) is 0 Å². The van der Waals surface area contributed by atoms with Crippen LogP contribution < -0.4 is 5.32 Å². The zero-order valence-corrected chi connectivity index (χ0v) is 13.0. The van der Waals surface area contributed by atoms with Gasteiger partial charge < -0.3 is 10.4 Å². The Balaban J connectivity index is 0.00000220. The first-order chi connectivity index (χ1) is 9.66. The SMILES string of the molecule is Cl.O=C(O)c1ccccc1CNCCc1ccc(Cl)cc1. The fourth-order valence-electron chi connectivity index (χ4n) is 1.99. The predicted molar refractivity (Wildman–Crippen MR) is 87.5 cm³/mol. The molecule has 2 aromatic carbocycles. The van der Waals surface area contributed by atoms with Crippen LogP contribution in [0.1, 0.15) is 21.5 Å². The van der Waals surface area contributed by atoms with Crippen molar-refractivity contribution in [1.82, 2.24) is 5.32 Å². The van der Waals surface area contributed by atoms with Crippen LogP contribution in [0.2, 0.25) is 5.02 Å². The van der Waals surface area contributed by atoms with Gasteiger partial charge in [0.25, 0.3) is 0 Å². The Bertz CT molecular complexity index is 585. The number of carboxylic acids is 1. The van der Waals surface area contributed by atoms with E-state index in [0.717, 1.165) is 23.6 Å². The van der Waals surface area contributed by atoms with Gasteiger partial charge in [-0.3, -0.25) is 0 Å². The Labute approximate surface area is 135 Å². The fraction of sp³-hybridized carbons (Fsp3) is 0.188. The number of hydrogen-bond donors (Lipinski definition) is 2. The summed E-state index contributed by atoms with van der Waals surface area (Å²) < 4.78 is 0. The standard InChI is InChI=1S/C16H16ClNO2.ClH/c17-14-7-5-12(6-8-14)9-10-18-11-13-3-1-2-4-15(13)16(19)20;/h1-8,18H,9-11H2,(H,19,20);1H. The average Bonchev–Trinajstić information content (AvgIpc) is 2.46. The molecule has 112 valence electrons. The quantitative estimate of drug-likeness (QED) is 0.794. The summed E-state index contributed by atoms with van der Waals surface area (Å²) in [5, 5.41) is 13.1. The van der Waals surface area contributed by atoms with Crippen LogP contribution in [0.4, 0.5) is 0 Å².